The fraction of sp³-hybridized carbons (Fsp3) is 0.417. The van der Waals surface area contributed by atoms with Crippen molar-refractivity contribution >= 4 is 5.97 Å². The molecule has 4 heteroatoms. The molecule has 16 heavy (non-hydrogen) atoms. The molecule has 1 aromatic rings. The van der Waals surface area contributed by atoms with Crippen LogP contribution in [0.1, 0.15) is 18.4 Å². The number of hydrogen-bond donors (Lipinski definition) is 2. The Labute approximate surface area is 94.5 Å². The molecule has 0 aliphatic carbocycles. The van der Waals surface area contributed by atoms with Gasteiger partial charge in [0.25, 0.3) is 0 Å². The van der Waals surface area contributed by atoms with Gasteiger partial charge in [0, 0.05) is 6.42 Å². The third kappa shape index (κ3) is 5.48. The van der Waals surface area contributed by atoms with Crippen LogP contribution in [0.15, 0.2) is 30.3 Å². The number of hydrogen-bond acceptors (Lipinski definition) is 3. The maximum absolute atomic E-state index is 10.2. The Morgan fingerprint density at radius 3 is 2.62 bits per heavy atom. The van der Waals surface area contributed by atoms with Crippen LogP contribution in [0.3, 0.4) is 0 Å². The van der Waals surface area contributed by atoms with Crippen molar-refractivity contribution in [3.05, 3.63) is 35.9 Å². The van der Waals surface area contributed by atoms with Crippen LogP contribution in [0.4, 0.5) is 0 Å². The molecule has 88 valence electrons. The number of aliphatic hydroxyl groups excluding tert-OH is 1. The molecule has 0 saturated heterocycles. The highest BCUT2D eigenvalue weighted by Gasteiger charge is 2.07. The van der Waals surface area contributed by atoms with Gasteiger partial charge in [-0.15, -0.1) is 0 Å². The predicted octanol–water partition coefficient (Wildman–Crippen LogP) is 1.43. The van der Waals surface area contributed by atoms with E-state index in [0.717, 1.165) is 5.56 Å². The Balaban J connectivity index is 2.13. The van der Waals surface area contributed by atoms with Crippen LogP contribution in [0.5, 0.6) is 0 Å². The molecule has 0 spiro atoms. The highest BCUT2D eigenvalue weighted by Crippen LogP contribution is 2.03. The highest BCUT2D eigenvalue weighted by molar-refractivity contribution is 5.66. The van der Waals surface area contributed by atoms with Gasteiger partial charge in [-0.3, -0.25) is 4.79 Å². The summed E-state index contributed by atoms with van der Waals surface area (Å²) in [6, 6.07) is 9.62. The molecule has 0 radical (unpaired) electrons. The maximum atomic E-state index is 10.2. The SMILES string of the molecule is O=C(O)CC[C@@H](O)COCc1ccccc1. The quantitative estimate of drug-likeness (QED) is 0.735. The fourth-order valence-electron chi connectivity index (χ4n) is 1.26. The fourth-order valence-corrected chi connectivity index (χ4v) is 1.26. The second-order valence-corrected chi connectivity index (χ2v) is 3.59. The molecule has 1 rings (SSSR count). The highest BCUT2D eigenvalue weighted by atomic mass is 16.5. The van der Waals surface area contributed by atoms with E-state index in [9.17, 15) is 9.90 Å². The van der Waals surface area contributed by atoms with Crippen LogP contribution in [0.2, 0.25) is 0 Å². The van der Waals surface area contributed by atoms with Gasteiger partial charge in [-0.1, -0.05) is 30.3 Å². The molecule has 4 nitrogen and oxygen atoms in total. The Morgan fingerprint density at radius 1 is 1.31 bits per heavy atom. The molecule has 0 aromatic heterocycles. The first-order valence-corrected chi connectivity index (χ1v) is 5.20. The Bertz CT molecular complexity index is 310. The van der Waals surface area contributed by atoms with Crippen molar-refractivity contribution in [1.29, 1.82) is 0 Å². The largest absolute Gasteiger partial charge is 0.481 e. The van der Waals surface area contributed by atoms with Crippen LogP contribution >= 0.6 is 0 Å². The molecule has 0 fully saturated rings. The van der Waals surface area contributed by atoms with Crippen LogP contribution in [-0.2, 0) is 16.1 Å². The summed E-state index contributed by atoms with van der Waals surface area (Å²) in [6.45, 7) is 0.604. The van der Waals surface area contributed by atoms with Crippen molar-refractivity contribution < 1.29 is 19.7 Å². The van der Waals surface area contributed by atoms with Gasteiger partial charge in [0.2, 0.25) is 0 Å². The lowest BCUT2D eigenvalue weighted by molar-refractivity contribution is -0.137. The lowest BCUT2D eigenvalue weighted by Gasteiger charge is -2.09. The molecular weight excluding hydrogens is 208 g/mol. The molecule has 0 unspecified atom stereocenters. The standard InChI is InChI=1S/C12H16O4/c13-11(6-7-12(14)15)9-16-8-10-4-2-1-3-5-10/h1-5,11,13H,6-9H2,(H,14,15)/t11-/m1/s1. The summed E-state index contributed by atoms with van der Waals surface area (Å²) in [7, 11) is 0. The number of carbonyl (C=O) groups is 1. The van der Waals surface area contributed by atoms with E-state index in [1.54, 1.807) is 0 Å². The van der Waals surface area contributed by atoms with Crippen LogP contribution < -0.4 is 0 Å². The van der Waals surface area contributed by atoms with Crippen LogP contribution in [0.25, 0.3) is 0 Å². The van der Waals surface area contributed by atoms with E-state index >= 15 is 0 Å². The molecule has 0 amide bonds. The summed E-state index contributed by atoms with van der Waals surface area (Å²) >= 11 is 0. The van der Waals surface area contributed by atoms with E-state index in [1.807, 2.05) is 30.3 Å². The number of aliphatic hydroxyl groups is 1. The van der Waals surface area contributed by atoms with E-state index in [4.69, 9.17) is 9.84 Å². The molecule has 0 aliphatic heterocycles. The maximum Gasteiger partial charge on any atom is 0.303 e. The number of ether oxygens (including phenoxy) is 1. The van der Waals surface area contributed by atoms with Crippen molar-refractivity contribution in [2.24, 2.45) is 0 Å². The first-order valence-electron chi connectivity index (χ1n) is 5.20. The third-order valence-electron chi connectivity index (χ3n) is 2.11. The van der Waals surface area contributed by atoms with Gasteiger partial charge in [0.05, 0.1) is 19.3 Å². The van der Waals surface area contributed by atoms with Gasteiger partial charge in [-0.2, -0.15) is 0 Å². The number of aliphatic carboxylic acids is 1. The molecule has 0 aliphatic rings. The first kappa shape index (κ1) is 12.7. The van der Waals surface area contributed by atoms with Gasteiger partial charge >= 0.3 is 5.97 Å². The van der Waals surface area contributed by atoms with E-state index in [0.29, 0.717) is 6.61 Å². The molecular formula is C12H16O4. The smallest absolute Gasteiger partial charge is 0.303 e. The summed E-state index contributed by atoms with van der Waals surface area (Å²) < 4.78 is 5.27. The molecule has 1 atom stereocenters. The summed E-state index contributed by atoms with van der Waals surface area (Å²) in [6.07, 6.45) is -0.514. The number of carboxylic acid groups (broad SMARTS) is 1. The predicted molar refractivity (Wildman–Crippen MR) is 59.0 cm³/mol. The molecule has 0 saturated carbocycles. The molecule has 2 N–H and O–H groups in total. The average Bonchev–Trinajstić information content (AvgIpc) is 2.28. The number of rotatable bonds is 7. The van der Waals surface area contributed by atoms with Crippen LogP contribution in [-0.4, -0.2) is 28.9 Å². The lowest BCUT2D eigenvalue weighted by Crippen LogP contribution is -2.16. The Hall–Kier alpha value is -1.39. The summed E-state index contributed by atoms with van der Waals surface area (Å²) in [4.78, 5) is 10.2. The van der Waals surface area contributed by atoms with Crippen molar-refractivity contribution in [1.82, 2.24) is 0 Å². The zero-order chi connectivity index (χ0) is 11.8. The summed E-state index contributed by atoms with van der Waals surface area (Å²) in [5.74, 6) is -0.901. The normalized spacial score (nSPS) is 12.3. The second kappa shape index (κ2) is 6.98. The van der Waals surface area contributed by atoms with Crippen molar-refractivity contribution in [2.45, 2.75) is 25.6 Å². The second-order valence-electron chi connectivity index (χ2n) is 3.59. The Morgan fingerprint density at radius 2 is 2.00 bits per heavy atom. The minimum absolute atomic E-state index is 0.0319. The average molecular weight is 224 g/mol. The van der Waals surface area contributed by atoms with Gasteiger partial charge in [0.15, 0.2) is 0 Å². The topological polar surface area (TPSA) is 66.8 Å². The van der Waals surface area contributed by atoms with Gasteiger partial charge in [0.1, 0.15) is 0 Å². The zero-order valence-electron chi connectivity index (χ0n) is 9.00. The van der Waals surface area contributed by atoms with E-state index in [-0.39, 0.29) is 19.4 Å². The molecule has 0 bridgehead atoms. The van der Waals surface area contributed by atoms with E-state index < -0.39 is 12.1 Å². The van der Waals surface area contributed by atoms with Gasteiger partial charge < -0.3 is 14.9 Å². The lowest BCUT2D eigenvalue weighted by atomic mass is 10.2. The molecule has 0 heterocycles. The minimum atomic E-state index is -0.901. The van der Waals surface area contributed by atoms with E-state index in [1.165, 1.54) is 0 Å². The number of carboxylic acids is 1. The summed E-state index contributed by atoms with van der Waals surface area (Å²) in [5.41, 5.74) is 1.04. The number of benzene rings is 1. The van der Waals surface area contributed by atoms with Crippen molar-refractivity contribution in [2.75, 3.05) is 6.61 Å². The van der Waals surface area contributed by atoms with Crippen LogP contribution in [0, 0.1) is 0 Å². The van der Waals surface area contributed by atoms with E-state index in [2.05, 4.69) is 0 Å². The first-order chi connectivity index (χ1) is 7.68. The van der Waals surface area contributed by atoms with Gasteiger partial charge in [-0.25, -0.2) is 0 Å². The third-order valence-corrected chi connectivity index (χ3v) is 2.11. The minimum Gasteiger partial charge on any atom is -0.481 e. The summed E-state index contributed by atoms with van der Waals surface area (Å²) in [5, 5.41) is 17.8. The van der Waals surface area contributed by atoms with Crippen molar-refractivity contribution in [3.63, 3.8) is 0 Å². The van der Waals surface area contributed by atoms with Crippen molar-refractivity contribution in [3.8, 4) is 0 Å². The van der Waals surface area contributed by atoms with Gasteiger partial charge in [-0.05, 0) is 12.0 Å². The monoisotopic (exact) mass is 224 g/mol. The Kier molecular flexibility index (Phi) is 5.53. The zero-order valence-corrected chi connectivity index (χ0v) is 9.00. The molecule has 1 aromatic carbocycles.